The molecule has 178 valence electrons. The summed E-state index contributed by atoms with van der Waals surface area (Å²) in [6, 6.07) is 12.5. The summed E-state index contributed by atoms with van der Waals surface area (Å²) in [5, 5.41) is 6.41. The molecule has 0 saturated heterocycles. The fraction of sp³-hybridized carbons (Fsp3) is 0.333. The molecule has 1 aliphatic rings. The minimum absolute atomic E-state index is 0.157. The van der Waals surface area contributed by atoms with Gasteiger partial charge in [0, 0.05) is 16.1 Å². The molecule has 34 heavy (non-hydrogen) atoms. The van der Waals surface area contributed by atoms with Crippen molar-refractivity contribution in [1.82, 2.24) is 0 Å². The second-order valence-electron chi connectivity index (χ2n) is 9.66. The van der Waals surface area contributed by atoms with Crippen LogP contribution in [0, 0.1) is 17.2 Å². The monoisotopic (exact) mass is 480 g/mol. The minimum Gasteiger partial charge on any atom is -0.497 e. The summed E-state index contributed by atoms with van der Waals surface area (Å²) in [4.78, 5) is 27.5. The normalized spacial score (nSPS) is 15.4. The van der Waals surface area contributed by atoms with Crippen molar-refractivity contribution in [2.24, 2.45) is 11.3 Å². The van der Waals surface area contributed by atoms with Crippen LogP contribution in [0.2, 0.25) is 0 Å². The van der Waals surface area contributed by atoms with Crippen molar-refractivity contribution in [3.63, 3.8) is 0 Å². The third-order valence-corrected chi connectivity index (χ3v) is 7.57. The van der Waals surface area contributed by atoms with Crippen LogP contribution in [0.5, 0.6) is 5.75 Å². The number of amides is 2. The SMILES string of the molecule is COc1ccc(NC(=O)c2c(NC(=O)c3ccc(F)cc3)sc3c2CCC(C(C)(C)C)C3)cc1. The molecule has 0 spiro atoms. The Labute approximate surface area is 203 Å². The van der Waals surface area contributed by atoms with Crippen LogP contribution >= 0.6 is 11.3 Å². The summed E-state index contributed by atoms with van der Waals surface area (Å²) < 4.78 is 18.5. The number of methoxy groups -OCH3 is 1. The Morgan fingerprint density at radius 1 is 1.00 bits per heavy atom. The quantitative estimate of drug-likeness (QED) is 0.435. The van der Waals surface area contributed by atoms with E-state index in [2.05, 4.69) is 31.4 Å². The second kappa shape index (κ2) is 9.58. The lowest BCUT2D eigenvalue weighted by Gasteiger charge is -2.33. The van der Waals surface area contributed by atoms with Crippen LogP contribution in [0.15, 0.2) is 48.5 Å². The van der Waals surface area contributed by atoms with Gasteiger partial charge in [0.2, 0.25) is 0 Å². The van der Waals surface area contributed by atoms with Crippen molar-refractivity contribution in [2.75, 3.05) is 17.7 Å². The molecule has 0 bridgehead atoms. The molecule has 2 aromatic carbocycles. The first-order valence-electron chi connectivity index (χ1n) is 11.3. The number of anilines is 2. The van der Waals surface area contributed by atoms with Crippen molar-refractivity contribution >= 4 is 33.8 Å². The topological polar surface area (TPSA) is 67.4 Å². The molecule has 0 aliphatic heterocycles. The number of fused-ring (bicyclic) bond motifs is 1. The highest BCUT2D eigenvalue weighted by atomic mass is 32.1. The fourth-order valence-electron chi connectivity index (χ4n) is 4.30. The summed E-state index contributed by atoms with van der Waals surface area (Å²) >= 11 is 1.47. The number of carbonyl (C=O) groups is 2. The molecule has 1 aliphatic carbocycles. The van der Waals surface area contributed by atoms with Crippen molar-refractivity contribution in [3.8, 4) is 5.75 Å². The van der Waals surface area contributed by atoms with Crippen LogP contribution in [0.3, 0.4) is 0 Å². The summed E-state index contributed by atoms with van der Waals surface area (Å²) in [7, 11) is 1.59. The van der Waals surface area contributed by atoms with E-state index in [1.54, 1.807) is 31.4 Å². The molecule has 2 N–H and O–H groups in total. The Bertz CT molecular complexity index is 1190. The van der Waals surface area contributed by atoms with Gasteiger partial charge in [0.05, 0.1) is 12.7 Å². The van der Waals surface area contributed by atoms with Crippen LogP contribution < -0.4 is 15.4 Å². The van der Waals surface area contributed by atoms with E-state index in [1.807, 2.05) is 0 Å². The van der Waals surface area contributed by atoms with Crippen molar-refractivity contribution in [3.05, 3.63) is 75.9 Å². The highest BCUT2D eigenvalue weighted by Gasteiger charge is 2.34. The first-order valence-corrected chi connectivity index (χ1v) is 12.1. The number of nitrogens with one attached hydrogen (secondary N) is 2. The zero-order chi connectivity index (χ0) is 24.5. The molecule has 3 aromatic rings. The molecule has 5 nitrogen and oxygen atoms in total. The Morgan fingerprint density at radius 2 is 1.68 bits per heavy atom. The maximum Gasteiger partial charge on any atom is 0.258 e. The second-order valence-corrected chi connectivity index (χ2v) is 10.8. The molecule has 1 heterocycles. The van der Waals surface area contributed by atoms with Gasteiger partial charge in [-0.05, 0) is 84.7 Å². The molecule has 1 aromatic heterocycles. The standard InChI is InChI=1S/C27H29FN2O3S/c1-27(2,3)17-7-14-21-22(15-17)34-26(30-24(31)16-5-8-18(28)9-6-16)23(21)25(32)29-19-10-12-20(33-4)13-11-19/h5-6,8-13,17H,7,14-15H2,1-4H3,(H,29,32)(H,30,31). The highest BCUT2D eigenvalue weighted by Crippen LogP contribution is 2.44. The number of carbonyl (C=O) groups excluding carboxylic acids is 2. The number of halogens is 1. The molecule has 7 heteroatoms. The Hall–Kier alpha value is -3.19. The predicted molar refractivity (Wildman–Crippen MR) is 135 cm³/mol. The predicted octanol–water partition coefficient (Wildman–Crippen LogP) is 6.55. The van der Waals surface area contributed by atoms with Gasteiger partial charge in [0.1, 0.15) is 16.6 Å². The van der Waals surface area contributed by atoms with E-state index in [0.717, 1.165) is 29.7 Å². The maximum atomic E-state index is 13.4. The first-order chi connectivity index (χ1) is 16.2. The van der Waals surface area contributed by atoms with Gasteiger partial charge in [-0.1, -0.05) is 20.8 Å². The van der Waals surface area contributed by atoms with Crippen LogP contribution in [0.4, 0.5) is 15.1 Å². The smallest absolute Gasteiger partial charge is 0.258 e. The van der Waals surface area contributed by atoms with Gasteiger partial charge in [-0.15, -0.1) is 11.3 Å². The number of ether oxygens (including phenoxy) is 1. The first kappa shape index (κ1) is 24.0. The molecular weight excluding hydrogens is 451 g/mol. The van der Waals surface area contributed by atoms with Gasteiger partial charge >= 0.3 is 0 Å². The van der Waals surface area contributed by atoms with E-state index in [1.165, 1.54) is 35.6 Å². The van der Waals surface area contributed by atoms with Crippen molar-refractivity contribution in [1.29, 1.82) is 0 Å². The molecule has 1 unspecified atom stereocenters. The van der Waals surface area contributed by atoms with Gasteiger partial charge in [0.15, 0.2) is 0 Å². The summed E-state index contributed by atoms with van der Waals surface area (Å²) in [5.41, 5.74) is 2.65. The number of hydrogen-bond acceptors (Lipinski definition) is 4. The van der Waals surface area contributed by atoms with Gasteiger partial charge in [-0.2, -0.15) is 0 Å². The number of rotatable bonds is 5. The Morgan fingerprint density at radius 3 is 2.29 bits per heavy atom. The lowest BCUT2D eigenvalue weighted by molar-refractivity contribution is 0.102. The maximum absolute atomic E-state index is 13.4. The molecular formula is C27H29FN2O3S. The van der Waals surface area contributed by atoms with Gasteiger partial charge in [-0.25, -0.2) is 4.39 Å². The van der Waals surface area contributed by atoms with Gasteiger partial charge < -0.3 is 15.4 Å². The highest BCUT2D eigenvalue weighted by molar-refractivity contribution is 7.17. The average Bonchev–Trinajstić information content (AvgIpc) is 3.16. The summed E-state index contributed by atoms with van der Waals surface area (Å²) in [6.07, 6.45) is 2.64. The van der Waals surface area contributed by atoms with Gasteiger partial charge in [-0.3, -0.25) is 9.59 Å². The zero-order valence-corrected chi connectivity index (χ0v) is 20.6. The Kier molecular flexibility index (Phi) is 6.75. The van der Waals surface area contributed by atoms with Crippen LogP contribution in [0.1, 0.15) is 58.3 Å². The van der Waals surface area contributed by atoms with E-state index >= 15 is 0 Å². The van der Waals surface area contributed by atoms with Crippen LogP contribution in [0.25, 0.3) is 0 Å². The van der Waals surface area contributed by atoms with Gasteiger partial charge in [0.25, 0.3) is 11.8 Å². The van der Waals surface area contributed by atoms with E-state index in [9.17, 15) is 14.0 Å². The number of benzene rings is 2. The average molecular weight is 481 g/mol. The summed E-state index contributed by atoms with van der Waals surface area (Å²) in [6.45, 7) is 6.72. The third kappa shape index (κ3) is 5.14. The lowest BCUT2D eigenvalue weighted by Crippen LogP contribution is -2.27. The van der Waals surface area contributed by atoms with E-state index in [0.29, 0.717) is 33.5 Å². The van der Waals surface area contributed by atoms with E-state index < -0.39 is 5.82 Å². The van der Waals surface area contributed by atoms with E-state index in [-0.39, 0.29) is 17.2 Å². The van der Waals surface area contributed by atoms with Crippen molar-refractivity contribution in [2.45, 2.75) is 40.0 Å². The lowest BCUT2D eigenvalue weighted by atomic mass is 9.72. The van der Waals surface area contributed by atoms with Crippen LogP contribution in [-0.2, 0) is 12.8 Å². The number of thiophene rings is 1. The fourth-order valence-corrected chi connectivity index (χ4v) is 5.62. The van der Waals surface area contributed by atoms with E-state index in [4.69, 9.17) is 4.74 Å². The summed E-state index contributed by atoms with van der Waals surface area (Å²) in [5.74, 6) is 0.162. The molecule has 0 saturated carbocycles. The minimum atomic E-state index is -0.407. The molecule has 2 amide bonds. The largest absolute Gasteiger partial charge is 0.497 e. The number of hydrogen-bond donors (Lipinski definition) is 2. The third-order valence-electron chi connectivity index (χ3n) is 6.40. The molecule has 0 fully saturated rings. The zero-order valence-electron chi connectivity index (χ0n) is 19.8. The molecule has 1 atom stereocenters. The molecule has 0 radical (unpaired) electrons. The van der Waals surface area contributed by atoms with Crippen LogP contribution in [-0.4, -0.2) is 18.9 Å². The van der Waals surface area contributed by atoms with Crippen molar-refractivity contribution < 1.29 is 18.7 Å². The Balaban J connectivity index is 1.66. The molecule has 4 rings (SSSR count).